The minimum Gasteiger partial charge on any atom is -0.396 e. The summed E-state index contributed by atoms with van der Waals surface area (Å²) >= 11 is 1.27. The van der Waals surface area contributed by atoms with Crippen molar-refractivity contribution in [2.24, 2.45) is 0 Å². The molecule has 1 aromatic heterocycles. The van der Waals surface area contributed by atoms with E-state index in [1.807, 2.05) is 14.1 Å². The average Bonchev–Trinajstić information content (AvgIpc) is 2.71. The van der Waals surface area contributed by atoms with Gasteiger partial charge in [0.1, 0.15) is 16.6 Å². The third-order valence-electron chi connectivity index (χ3n) is 3.07. The molecule has 1 heterocycles. The van der Waals surface area contributed by atoms with Gasteiger partial charge in [0.15, 0.2) is 5.78 Å². The van der Waals surface area contributed by atoms with Crippen LogP contribution >= 0.6 is 11.3 Å². The topological polar surface area (TPSA) is 82.2 Å². The first-order chi connectivity index (χ1) is 8.92. The van der Waals surface area contributed by atoms with Crippen molar-refractivity contribution in [3.05, 3.63) is 10.4 Å². The molecule has 5 nitrogen and oxygen atoms in total. The van der Waals surface area contributed by atoms with Crippen molar-refractivity contribution in [2.45, 2.75) is 26.3 Å². The number of nitrogens with one attached hydrogen (secondary N) is 1. The lowest BCUT2D eigenvalue weighted by atomic mass is 10.2. The number of carbonyl (C=O) groups excluding carboxylic acids is 1. The number of hydrogen-bond acceptors (Lipinski definition) is 6. The molecule has 6 heteroatoms. The molecule has 0 radical (unpaired) electrons. The molecule has 104 valence electrons. The summed E-state index contributed by atoms with van der Waals surface area (Å²) in [5.74, 6) is -0.0206. The Morgan fingerprint density at radius 3 is 2.68 bits per heavy atom. The molecule has 1 aromatic rings. The van der Waals surface area contributed by atoms with Gasteiger partial charge in [-0.25, -0.2) is 0 Å². The number of nitrogens with zero attached hydrogens (tertiary/aromatic N) is 2. The molecule has 0 saturated heterocycles. The standard InChI is InChI=1S/C13H20N4OS/c1-5-10(18)12-11(15)9(6-14)13(19-12)16-7-8(2)17(3)4/h8,16H,5,7,15H2,1-4H3. The van der Waals surface area contributed by atoms with Crippen LogP contribution in [-0.4, -0.2) is 37.4 Å². The van der Waals surface area contributed by atoms with Crippen molar-refractivity contribution in [2.75, 3.05) is 31.7 Å². The Kier molecular flexibility index (Phi) is 5.33. The average molecular weight is 280 g/mol. The molecule has 0 bridgehead atoms. The molecule has 0 aliphatic rings. The van der Waals surface area contributed by atoms with Crippen molar-refractivity contribution < 1.29 is 4.79 Å². The lowest BCUT2D eigenvalue weighted by Crippen LogP contribution is -2.31. The predicted octanol–water partition coefficient (Wildman–Crippen LogP) is 2.16. The molecular weight excluding hydrogens is 260 g/mol. The molecule has 0 aromatic carbocycles. The number of Topliss-reactive ketones (excluding diaryl/α,β-unsaturated/α-hetero) is 1. The second-order valence-corrected chi connectivity index (χ2v) is 5.65. The highest BCUT2D eigenvalue weighted by atomic mass is 32.1. The van der Waals surface area contributed by atoms with E-state index in [0.29, 0.717) is 40.1 Å². The van der Waals surface area contributed by atoms with Crippen molar-refractivity contribution >= 4 is 27.8 Å². The van der Waals surface area contributed by atoms with Crippen LogP contribution in [0.4, 0.5) is 10.7 Å². The Morgan fingerprint density at radius 2 is 2.21 bits per heavy atom. The van der Waals surface area contributed by atoms with Crippen LogP contribution in [0.25, 0.3) is 0 Å². The highest BCUT2D eigenvalue weighted by molar-refractivity contribution is 7.19. The summed E-state index contributed by atoms with van der Waals surface area (Å²) in [4.78, 5) is 14.3. The van der Waals surface area contributed by atoms with Crippen LogP contribution in [0.2, 0.25) is 0 Å². The van der Waals surface area contributed by atoms with Gasteiger partial charge >= 0.3 is 0 Å². The summed E-state index contributed by atoms with van der Waals surface area (Å²) < 4.78 is 0. The van der Waals surface area contributed by atoms with Crippen LogP contribution in [0.5, 0.6) is 0 Å². The fourth-order valence-corrected chi connectivity index (χ4v) is 2.56. The second-order valence-electron chi connectivity index (χ2n) is 4.63. The van der Waals surface area contributed by atoms with Gasteiger partial charge in [-0.3, -0.25) is 4.79 Å². The van der Waals surface area contributed by atoms with Gasteiger partial charge in [0, 0.05) is 19.0 Å². The van der Waals surface area contributed by atoms with Crippen LogP contribution in [0, 0.1) is 11.3 Å². The smallest absolute Gasteiger partial charge is 0.174 e. The summed E-state index contributed by atoms with van der Waals surface area (Å²) in [7, 11) is 3.98. The zero-order valence-electron chi connectivity index (χ0n) is 11.8. The molecule has 0 saturated carbocycles. The SMILES string of the molecule is CCC(=O)c1sc(NCC(C)N(C)C)c(C#N)c1N. The first kappa shape index (κ1) is 15.5. The van der Waals surface area contributed by atoms with E-state index in [2.05, 4.69) is 23.2 Å². The number of nitrogen functional groups attached to an aromatic ring is 1. The predicted molar refractivity (Wildman–Crippen MR) is 79.7 cm³/mol. The van der Waals surface area contributed by atoms with E-state index in [1.165, 1.54) is 11.3 Å². The summed E-state index contributed by atoms with van der Waals surface area (Å²) in [6.45, 7) is 4.56. The van der Waals surface area contributed by atoms with Crippen LogP contribution in [0.1, 0.15) is 35.5 Å². The third kappa shape index (κ3) is 3.46. The van der Waals surface area contributed by atoms with E-state index in [1.54, 1.807) is 6.92 Å². The molecule has 0 fully saturated rings. The quantitative estimate of drug-likeness (QED) is 0.780. The fraction of sp³-hybridized carbons (Fsp3) is 0.538. The largest absolute Gasteiger partial charge is 0.396 e. The van der Waals surface area contributed by atoms with Crippen molar-refractivity contribution in [1.82, 2.24) is 4.90 Å². The fourth-order valence-electron chi connectivity index (χ4n) is 1.47. The number of thiophene rings is 1. The van der Waals surface area contributed by atoms with Gasteiger partial charge in [-0.05, 0) is 21.0 Å². The number of carbonyl (C=O) groups is 1. The minimum absolute atomic E-state index is 0.0206. The van der Waals surface area contributed by atoms with Gasteiger partial charge in [-0.15, -0.1) is 11.3 Å². The zero-order chi connectivity index (χ0) is 14.6. The molecule has 0 aliphatic heterocycles. The molecule has 3 N–H and O–H groups in total. The van der Waals surface area contributed by atoms with Gasteiger partial charge in [-0.1, -0.05) is 6.92 Å². The van der Waals surface area contributed by atoms with Crippen molar-refractivity contribution in [3.8, 4) is 6.07 Å². The van der Waals surface area contributed by atoms with Crippen LogP contribution in [0.15, 0.2) is 0 Å². The first-order valence-electron chi connectivity index (χ1n) is 6.18. The van der Waals surface area contributed by atoms with E-state index >= 15 is 0 Å². The van der Waals surface area contributed by atoms with E-state index < -0.39 is 0 Å². The molecule has 19 heavy (non-hydrogen) atoms. The summed E-state index contributed by atoms with van der Waals surface area (Å²) in [5.41, 5.74) is 6.56. The normalized spacial score (nSPS) is 12.2. The Balaban J connectivity index is 2.96. The minimum atomic E-state index is -0.0206. The lowest BCUT2D eigenvalue weighted by molar-refractivity contribution is 0.0993. The monoisotopic (exact) mass is 280 g/mol. The summed E-state index contributed by atoms with van der Waals surface area (Å²) in [6, 6.07) is 2.39. The summed E-state index contributed by atoms with van der Waals surface area (Å²) in [6.07, 6.45) is 0.392. The van der Waals surface area contributed by atoms with Crippen LogP contribution < -0.4 is 11.1 Å². The van der Waals surface area contributed by atoms with Gasteiger partial charge in [0.2, 0.25) is 0 Å². The molecule has 0 amide bonds. The molecule has 0 spiro atoms. The zero-order valence-corrected chi connectivity index (χ0v) is 12.6. The van der Waals surface area contributed by atoms with E-state index in [0.717, 1.165) is 0 Å². The number of nitrogens with two attached hydrogens (primary N) is 1. The Morgan fingerprint density at radius 1 is 1.58 bits per heavy atom. The molecule has 1 unspecified atom stereocenters. The number of likely N-dealkylation sites (N-methyl/N-ethyl adjacent to an activating group) is 1. The molecule has 1 rings (SSSR count). The van der Waals surface area contributed by atoms with Crippen molar-refractivity contribution in [1.29, 1.82) is 5.26 Å². The Hall–Kier alpha value is -1.58. The first-order valence-corrected chi connectivity index (χ1v) is 6.99. The lowest BCUT2D eigenvalue weighted by Gasteiger charge is -2.20. The van der Waals surface area contributed by atoms with E-state index in [9.17, 15) is 4.79 Å². The number of anilines is 2. The number of nitriles is 1. The number of ketones is 1. The van der Waals surface area contributed by atoms with E-state index in [-0.39, 0.29) is 5.78 Å². The maximum Gasteiger partial charge on any atom is 0.174 e. The maximum atomic E-state index is 11.7. The third-order valence-corrected chi connectivity index (χ3v) is 4.28. The van der Waals surface area contributed by atoms with E-state index in [4.69, 9.17) is 11.0 Å². The van der Waals surface area contributed by atoms with Crippen molar-refractivity contribution in [3.63, 3.8) is 0 Å². The second kappa shape index (κ2) is 6.55. The highest BCUT2D eigenvalue weighted by Crippen LogP contribution is 2.35. The molecular formula is C13H20N4OS. The van der Waals surface area contributed by atoms with Crippen LogP contribution in [0.3, 0.4) is 0 Å². The Bertz CT molecular complexity index is 501. The Labute approximate surface area is 118 Å². The van der Waals surface area contributed by atoms with Crippen LogP contribution in [-0.2, 0) is 0 Å². The van der Waals surface area contributed by atoms with Gasteiger partial charge in [-0.2, -0.15) is 5.26 Å². The number of hydrogen-bond donors (Lipinski definition) is 2. The number of rotatable bonds is 6. The van der Waals surface area contributed by atoms with Gasteiger partial charge < -0.3 is 16.0 Å². The van der Waals surface area contributed by atoms with Gasteiger partial charge in [0.05, 0.1) is 10.6 Å². The molecule has 1 atom stereocenters. The maximum absolute atomic E-state index is 11.7. The molecule has 0 aliphatic carbocycles. The highest BCUT2D eigenvalue weighted by Gasteiger charge is 2.20. The summed E-state index contributed by atoms with van der Waals surface area (Å²) in [5, 5.41) is 13.0. The van der Waals surface area contributed by atoms with Gasteiger partial charge in [0.25, 0.3) is 0 Å².